The van der Waals surface area contributed by atoms with Crippen LogP contribution in [-0.2, 0) is 23.7 Å². The van der Waals surface area contributed by atoms with Crippen LogP contribution in [0.3, 0.4) is 0 Å². The first-order chi connectivity index (χ1) is 11.0. The van der Waals surface area contributed by atoms with E-state index >= 15 is 0 Å². The third-order valence-corrected chi connectivity index (χ3v) is 6.03. The normalized spacial score (nSPS) is 12.5. The number of rotatable bonds is 3. The zero-order chi connectivity index (χ0) is 18.1. The van der Waals surface area contributed by atoms with Crippen LogP contribution in [-0.4, -0.2) is 0 Å². The van der Waals surface area contributed by atoms with Gasteiger partial charge < -0.3 is 0 Å². The summed E-state index contributed by atoms with van der Waals surface area (Å²) in [6.45, 7) is 13.6. The van der Waals surface area contributed by atoms with Crippen molar-refractivity contribution in [3.63, 3.8) is 0 Å². The van der Waals surface area contributed by atoms with Crippen LogP contribution in [0.4, 0.5) is 0 Å². The second-order valence-corrected chi connectivity index (χ2v) is 10.3. The highest BCUT2D eigenvalue weighted by Crippen LogP contribution is 2.30. The van der Waals surface area contributed by atoms with Crippen molar-refractivity contribution in [3.8, 4) is 0 Å². The minimum atomic E-state index is 0.183. The lowest BCUT2D eigenvalue weighted by Gasteiger charge is -2.21. The standard InChI is InChI=1S/C22H28Br2/c1-21(2,3)17-9-11-19(23)15(13-17)7-8-16-14-18(22(4,5)6)10-12-20(16)24/h9-14H,7-8H2,1-6H3. The maximum atomic E-state index is 3.72. The summed E-state index contributed by atoms with van der Waals surface area (Å²) in [6.07, 6.45) is 2.08. The molecule has 0 N–H and O–H groups in total. The van der Waals surface area contributed by atoms with Gasteiger partial charge in [0.2, 0.25) is 0 Å². The van der Waals surface area contributed by atoms with E-state index in [0.29, 0.717) is 0 Å². The Morgan fingerprint density at radius 2 is 0.958 bits per heavy atom. The summed E-state index contributed by atoms with van der Waals surface area (Å²) in [7, 11) is 0. The zero-order valence-electron chi connectivity index (χ0n) is 15.6. The number of halogens is 2. The second kappa shape index (κ2) is 7.33. The average molecular weight is 452 g/mol. The SMILES string of the molecule is CC(C)(C)c1ccc(Br)c(CCc2cc(C(C)(C)C)ccc2Br)c1. The number of hydrogen-bond donors (Lipinski definition) is 0. The molecule has 0 nitrogen and oxygen atoms in total. The molecule has 2 aromatic rings. The molecule has 0 saturated carbocycles. The van der Waals surface area contributed by atoms with E-state index in [1.807, 2.05) is 0 Å². The largest absolute Gasteiger partial charge is 0.0574 e. The van der Waals surface area contributed by atoms with E-state index in [9.17, 15) is 0 Å². The van der Waals surface area contributed by atoms with Gasteiger partial charge in [0.05, 0.1) is 0 Å². The summed E-state index contributed by atoms with van der Waals surface area (Å²) < 4.78 is 2.41. The highest BCUT2D eigenvalue weighted by Gasteiger charge is 2.17. The van der Waals surface area contributed by atoms with Gasteiger partial charge in [-0.2, -0.15) is 0 Å². The van der Waals surface area contributed by atoms with Crippen LogP contribution in [0.15, 0.2) is 45.3 Å². The Morgan fingerprint density at radius 3 is 1.25 bits per heavy atom. The fourth-order valence-corrected chi connectivity index (χ4v) is 3.62. The lowest BCUT2D eigenvalue weighted by molar-refractivity contribution is 0.588. The molecule has 0 saturated heterocycles. The third-order valence-electron chi connectivity index (χ3n) is 4.49. The fraction of sp³-hybridized carbons (Fsp3) is 0.455. The average Bonchev–Trinajstić information content (AvgIpc) is 2.45. The summed E-state index contributed by atoms with van der Waals surface area (Å²) >= 11 is 7.45. The van der Waals surface area contributed by atoms with E-state index in [1.54, 1.807) is 0 Å². The minimum absolute atomic E-state index is 0.183. The van der Waals surface area contributed by atoms with Crippen molar-refractivity contribution in [1.82, 2.24) is 0 Å². The van der Waals surface area contributed by atoms with Crippen LogP contribution < -0.4 is 0 Å². The fourth-order valence-electron chi connectivity index (χ4n) is 2.74. The van der Waals surface area contributed by atoms with Gasteiger partial charge in [-0.3, -0.25) is 0 Å². The molecule has 0 spiro atoms. The van der Waals surface area contributed by atoms with Gasteiger partial charge in [0.25, 0.3) is 0 Å². The molecule has 0 atom stereocenters. The topological polar surface area (TPSA) is 0 Å². The van der Waals surface area contributed by atoms with Crippen molar-refractivity contribution in [2.45, 2.75) is 65.2 Å². The molecule has 2 rings (SSSR count). The Morgan fingerprint density at radius 1 is 0.625 bits per heavy atom. The van der Waals surface area contributed by atoms with Gasteiger partial charge >= 0.3 is 0 Å². The molecule has 0 aromatic heterocycles. The summed E-state index contributed by atoms with van der Waals surface area (Å²) in [5.74, 6) is 0. The number of hydrogen-bond acceptors (Lipinski definition) is 0. The molecular formula is C22H28Br2. The lowest BCUT2D eigenvalue weighted by Crippen LogP contribution is -2.12. The third kappa shape index (κ3) is 4.95. The van der Waals surface area contributed by atoms with Crippen molar-refractivity contribution < 1.29 is 0 Å². The van der Waals surface area contributed by atoms with Gasteiger partial charge in [-0.05, 0) is 58.1 Å². The molecule has 0 amide bonds. The van der Waals surface area contributed by atoms with Crippen molar-refractivity contribution >= 4 is 31.9 Å². The molecule has 24 heavy (non-hydrogen) atoms. The van der Waals surface area contributed by atoms with Crippen molar-refractivity contribution in [2.24, 2.45) is 0 Å². The first-order valence-electron chi connectivity index (χ1n) is 8.56. The van der Waals surface area contributed by atoms with Crippen molar-refractivity contribution in [2.75, 3.05) is 0 Å². The zero-order valence-corrected chi connectivity index (χ0v) is 18.8. The molecule has 0 aliphatic heterocycles. The Balaban J connectivity index is 2.25. The van der Waals surface area contributed by atoms with E-state index < -0.39 is 0 Å². The summed E-state index contributed by atoms with van der Waals surface area (Å²) in [5.41, 5.74) is 5.92. The molecule has 0 radical (unpaired) electrons. The number of benzene rings is 2. The Kier molecular flexibility index (Phi) is 6.03. The molecule has 0 aliphatic rings. The van der Waals surface area contributed by atoms with Crippen LogP contribution in [0.1, 0.15) is 63.8 Å². The summed E-state index contributed by atoms with van der Waals surface area (Å²) in [4.78, 5) is 0. The van der Waals surface area contributed by atoms with Crippen LogP contribution in [0.25, 0.3) is 0 Å². The smallest absolute Gasteiger partial charge is 0.0207 e. The minimum Gasteiger partial charge on any atom is -0.0574 e. The van der Waals surface area contributed by atoms with Crippen LogP contribution in [0, 0.1) is 0 Å². The van der Waals surface area contributed by atoms with Gasteiger partial charge in [-0.25, -0.2) is 0 Å². The van der Waals surface area contributed by atoms with Gasteiger partial charge in [-0.15, -0.1) is 0 Å². The van der Waals surface area contributed by atoms with Crippen LogP contribution in [0.2, 0.25) is 0 Å². The lowest BCUT2D eigenvalue weighted by atomic mass is 9.84. The molecule has 2 aromatic carbocycles. The maximum Gasteiger partial charge on any atom is 0.0207 e. The Labute approximate surface area is 164 Å². The van der Waals surface area contributed by atoms with Gasteiger partial charge in [0.1, 0.15) is 0 Å². The Hall–Kier alpha value is -0.600. The molecule has 2 heteroatoms. The molecular weight excluding hydrogens is 424 g/mol. The molecule has 0 fully saturated rings. The van der Waals surface area contributed by atoms with E-state index in [0.717, 1.165) is 12.8 Å². The predicted octanol–water partition coefficient (Wildman–Crippen LogP) is 7.59. The Bertz CT molecular complexity index is 652. The quantitative estimate of drug-likeness (QED) is 0.450. The highest BCUT2D eigenvalue weighted by molar-refractivity contribution is 9.10. The molecule has 0 aliphatic carbocycles. The highest BCUT2D eigenvalue weighted by atomic mass is 79.9. The first kappa shape index (κ1) is 19.7. The van der Waals surface area contributed by atoms with E-state index in [4.69, 9.17) is 0 Å². The van der Waals surface area contributed by atoms with Crippen molar-refractivity contribution in [3.05, 3.63) is 67.6 Å². The summed E-state index contributed by atoms with van der Waals surface area (Å²) in [6, 6.07) is 13.5. The summed E-state index contributed by atoms with van der Waals surface area (Å²) in [5, 5.41) is 0. The van der Waals surface area contributed by atoms with Gasteiger partial charge in [0, 0.05) is 8.95 Å². The predicted molar refractivity (Wildman–Crippen MR) is 113 cm³/mol. The molecule has 130 valence electrons. The van der Waals surface area contributed by atoms with Crippen molar-refractivity contribution in [1.29, 1.82) is 0 Å². The van der Waals surface area contributed by atoms with E-state index in [2.05, 4.69) is 110 Å². The van der Waals surface area contributed by atoms with Gasteiger partial charge in [-0.1, -0.05) is 97.7 Å². The van der Waals surface area contributed by atoms with E-state index in [1.165, 1.54) is 31.2 Å². The molecule has 0 unspecified atom stereocenters. The maximum absolute atomic E-state index is 3.72. The molecule has 0 bridgehead atoms. The van der Waals surface area contributed by atoms with Crippen LogP contribution in [0.5, 0.6) is 0 Å². The van der Waals surface area contributed by atoms with Gasteiger partial charge in [0.15, 0.2) is 0 Å². The first-order valence-corrected chi connectivity index (χ1v) is 10.1. The second-order valence-electron chi connectivity index (χ2n) is 8.61. The van der Waals surface area contributed by atoms with Crippen LogP contribution >= 0.6 is 31.9 Å². The van der Waals surface area contributed by atoms with E-state index in [-0.39, 0.29) is 10.8 Å². The molecule has 0 heterocycles. The monoisotopic (exact) mass is 450 g/mol. The number of aryl methyl sites for hydroxylation is 2.